The van der Waals surface area contributed by atoms with E-state index in [1.165, 1.54) is 38.5 Å². The van der Waals surface area contributed by atoms with Crippen molar-refractivity contribution in [3.05, 3.63) is 5.82 Å². The molecule has 0 saturated heterocycles. The molecule has 5 heteroatoms. The zero-order valence-corrected chi connectivity index (χ0v) is 13.1. The first-order chi connectivity index (χ1) is 10.1. The van der Waals surface area contributed by atoms with Crippen molar-refractivity contribution in [1.29, 1.82) is 0 Å². The molecule has 21 heavy (non-hydrogen) atoms. The number of nitrogens with zero attached hydrogens (tertiary/aromatic N) is 2. The normalized spacial score (nSPS) is 19.2. The van der Waals surface area contributed by atoms with Gasteiger partial charge in [0.2, 0.25) is 5.88 Å². The summed E-state index contributed by atoms with van der Waals surface area (Å²) in [6.45, 7) is 4.88. The first-order valence-corrected chi connectivity index (χ1v) is 8.20. The average Bonchev–Trinajstić information content (AvgIpc) is 3.18. The topological polar surface area (TPSA) is 73.1 Å². The van der Waals surface area contributed by atoms with Crippen molar-refractivity contribution in [3.63, 3.8) is 0 Å². The molecule has 0 aliphatic heterocycles. The Morgan fingerprint density at radius 2 is 1.90 bits per heavy atom. The summed E-state index contributed by atoms with van der Waals surface area (Å²) in [6, 6.07) is 0.493. The minimum Gasteiger partial charge on any atom is -0.476 e. The van der Waals surface area contributed by atoms with Crippen LogP contribution < -0.4 is 15.8 Å². The van der Waals surface area contributed by atoms with Crippen LogP contribution in [0, 0.1) is 5.92 Å². The number of rotatable bonds is 6. The molecule has 2 fully saturated rings. The predicted octanol–water partition coefficient (Wildman–Crippen LogP) is 3.33. The van der Waals surface area contributed by atoms with Crippen LogP contribution >= 0.6 is 0 Å². The molecule has 1 aromatic rings. The van der Waals surface area contributed by atoms with Gasteiger partial charge in [0.15, 0.2) is 5.82 Å². The zero-order chi connectivity index (χ0) is 14.8. The number of anilines is 2. The minimum atomic E-state index is 0.454. The number of aromatic nitrogens is 2. The Balaban J connectivity index is 1.81. The first kappa shape index (κ1) is 14.4. The smallest absolute Gasteiger partial charge is 0.242 e. The third kappa shape index (κ3) is 3.57. The van der Waals surface area contributed by atoms with Gasteiger partial charge in [0.05, 0.1) is 6.61 Å². The summed E-state index contributed by atoms with van der Waals surface area (Å²) in [5, 5.41) is 3.50. The molecule has 0 unspecified atom stereocenters. The van der Waals surface area contributed by atoms with Gasteiger partial charge in [-0.05, 0) is 31.6 Å². The molecule has 3 rings (SSSR count). The maximum atomic E-state index is 6.22. The van der Waals surface area contributed by atoms with Gasteiger partial charge in [0.25, 0.3) is 0 Å². The van der Waals surface area contributed by atoms with Crippen molar-refractivity contribution in [2.75, 3.05) is 17.7 Å². The van der Waals surface area contributed by atoms with Gasteiger partial charge < -0.3 is 15.8 Å². The Morgan fingerprint density at radius 3 is 2.52 bits per heavy atom. The fourth-order valence-electron chi connectivity index (χ4n) is 2.72. The van der Waals surface area contributed by atoms with Gasteiger partial charge in [0.1, 0.15) is 11.5 Å². The molecule has 1 heterocycles. The fraction of sp³-hybridized carbons (Fsp3) is 0.750. The van der Waals surface area contributed by atoms with Crippen molar-refractivity contribution in [2.24, 2.45) is 5.92 Å². The molecule has 0 bridgehead atoms. The van der Waals surface area contributed by atoms with Gasteiger partial charge in [-0.25, -0.2) is 4.98 Å². The highest BCUT2D eigenvalue weighted by Gasteiger charge is 2.29. The second-order valence-corrected chi connectivity index (χ2v) is 6.75. The largest absolute Gasteiger partial charge is 0.476 e. The Morgan fingerprint density at radius 1 is 1.19 bits per heavy atom. The second kappa shape index (κ2) is 6.08. The second-order valence-electron chi connectivity index (χ2n) is 6.75. The summed E-state index contributed by atoms with van der Waals surface area (Å²) in [4.78, 5) is 9.20. The minimum absolute atomic E-state index is 0.454. The van der Waals surface area contributed by atoms with Gasteiger partial charge in [-0.3, -0.25) is 0 Å². The Hall–Kier alpha value is -1.52. The van der Waals surface area contributed by atoms with Gasteiger partial charge in [-0.2, -0.15) is 4.98 Å². The van der Waals surface area contributed by atoms with Crippen molar-refractivity contribution in [2.45, 2.75) is 64.3 Å². The number of nitrogen functional groups attached to an aromatic ring is 1. The van der Waals surface area contributed by atoms with E-state index in [9.17, 15) is 0 Å². The van der Waals surface area contributed by atoms with Gasteiger partial charge >= 0.3 is 0 Å². The van der Waals surface area contributed by atoms with E-state index in [1.54, 1.807) is 0 Å². The first-order valence-electron chi connectivity index (χ1n) is 8.20. The summed E-state index contributed by atoms with van der Waals surface area (Å²) >= 11 is 0. The fourth-order valence-corrected chi connectivity index (χ4v) is 2.72. The number of hydrogen-bond acceptors (Lipinski definition) is 5. The van der Waals surface area contributed by atoms with Gasteiger partial charge in [0, 0.05) is 12.0 Å². The number of nitrogens with two attached hydrogens (primary N) is 1. The molecule has 3 N–H and O–H groups in total. The highest BCUT2D eigenvalue weighted by Crippen LogP contribution is 2.41. The number of ether oxygens (including phenoxy) is 1. The molecule has 5 nitrogen and oxygen atoms in total. The molecular weight excluding hydrogens is 264 g/mol. The van der Waals surface area contributed by atoms with Crippen LogP contribution in [0.5, 0.6) is 5.88 Å². The van der Waals surface area contributed by atoms with Crippen LogP contribution in [0.4, 0.5) is 11.5 Å². The van der Waals surface area contributed by atoms with E-state index in [-0.39, 0.29) is 0 Å². The number of nitrogens with one attached hydrogen (secondary N) is 1. The van der Waals surface area contributed by atoms with Crippen LogP contribution in [0.1, 0.15) is 64.1 Å². The van der Waals surface area contributed by atoms with Crippen molar-refractivity contribution < 1.29 is 4.74 Å². The molecule has 2 aliphatic rings. The van der Waals surface area contributed by atoms with Crippen molar-refractivity contribution in [3.8, 4) is 5.88 Å². The van der Waals surface area contributed by atoms with Crippen molar-refractivity contribution >= 4 is 11.5 Å². The summed E-state index contributed by atoms with van der Waals surface area (Å²) in [5.41, 5.74) is 6.79. The maximum absolute atomic E-state index is 6.22. The molecule has 116 valence electrons. The van der Waals surface area contributed by atoms with Crippen LogP contribution in [-0.4, -0.2) is 22.6 Å². The lowest BCUT2D eigenvalue weighted by atomic mass is 10.2. The summed E-state index contributed by atoms with van der Waals surface area (Å²) < 4.78 is 5.81. The standard InChI is InChI=1S/C16H26N4O/c1-10(2)9-21-16-13(17)15(18-12-5-3-4-6-12)19-14(20-16)11-7-8-11/h10-12H,3-9,17H2,1-2H3,(H,18,19,20). The van der Waals surface area contributed by atoms with Crippen LogP contribution in [0.2, 0.25) is 0 Å². The highest BCUT2D eigenvalue weighted by atomic mass is 16.5. The van der Waals surface area contributed by atoms with Crippen LogP contribution in [-0.2, 0) is 0 Å². The molecule has 0 aromatic carbocycles. The third-order valence-electron chi connectivity index (χ3n) is 4.12. The van der Waals surface area contributed by atoms with Crippen molar-refractivity contribution in [1.82, 2.24) is 9.97 Å². The zero-order valence-electron chi connectivity index (χ0n) is 13.1. The molecule has 0 amide bonds. The summed E-state index contributed by atoms with van der Waals surface area (Å²) in [7, 11) is 0. The third-order valence-corrected chi connectivity index (χ3v) is 4.12. The Kier molecular flexibility index (Phi) is 4.17. The maximum Gasteiger partial charge on any atom is 0.242 e. The van der Waals surface area contributed by atoms with E-state index in [1.807, 2.05) is 0 Å². The van der Waals surface area contributed by atoms with E-state index in [2.05, 4.69) is 29.1 Å². The Labute approximate surface area is 126 Å². The van der Waals surface area contributed by atoms with Crippen LogP contribution in [0.25, 0.3) is 0 Å². The highest BCUT2D eigenvalue weighted by molar-refractivity contribution is 5.67. The van der Waals surface area contributed by atoms with E-state index < -0.39 is 0 Å². The number of hydrogen-bond donors (Lipinski definition) is 2. The lowest BCUT2D eigenvalue weighted by Crippen LogP contribution is -2.19. The molecule has 0 spiro atoms. The monoisotopic (exact) mass is 290 g/mol. The predicted molar refractivity (Wildman–Crippen MR) is 84.6 cm³/mol. The SMILES string of the molecule is CC(C)COc1nc(C2CC2)nc(NC2CCCC2)c1N. The molecule has 2 saturated carbocycles. The summed E-state index contributed by atoms with van der Waals surface area (Å²) in [5.74, 6) is 3.17. The molecule has 2 aliphatic carbocycles. The molecule has 0 atom stereocenters. The van der Waals surface area contributed by atoms with Gasteiger partial charge in [-0.15, -0.1) is 0 Å². The quantitative estimate of drug-likeness (QED) is 0.840. The van der Waals surface area contributed by atoms with Crippen LogP contribution in [0.3, 0.4) is 0 Å². The van der Waals surface area contributed by atoms with E-state index >= 15 is 0 Å². The molecular formula is C16H26N4O. The van der Waals surface area contributed by atoms with Crippen LogP contribution in [0.15, 0.2) is 0 Å². The lowest BCUT2D eigenvalue weighted by Gasteiger charge is -2.18. The van der Waals surface area contributed by atoms with E-state index in [0.29, 0.717) is 36.1 Å². The van der Waals surface area contributed by atoms with E-state index in [0.717, 1.165) is 11.6 Å². The van der Waals surface area contributed by atoms with E-state index in [4.69, 9.17) is 10.5 Å². The summed E-state index contributed by atoms with van der Waals surface area (Å²) in [6.07, 6.45) is 7.32. The lowest BCUT2D eigenvalue weighted by molar-refractivity contribution is 0.262. The molecule has 0 radical (unpaired) electrons. The van der Waals surface area contributed by atoms with Gasteiger partial charge in [-0.1, -0.05) is 26.7 Å². The molecule has 1 aromatic heterocycles. The Bertz CT molecular complexity index is 493. The average molecular weight is 290 g/mol.